The Balaban J connectivity index is 1.64. The molecule has 19 heavy (non-hydrogen) atoms. The minimum absolute atomic E-state index is 0.0119. The first kappa shape index (κ1) is 12.7. The fraction of sp³-hybridized carbons (Fsp3) is 0.846. The van der Waals surface area contributed by atoms with Gasteiger partial charge in [0.2, 0.25) is 5.91 Å². The summed E-state index contributed by atoms with van der Waals surface area (Å²) in [4.78, 5) is 27.9. The van der Waals surface area contributed by atoms with Gasteiger partial charge < -0.3 is 20.9 Å². The topological polar surface area (TPSA) is 78.7 Å². The van der Waals surface area contributed by atoms with Crippen LogP contribution in [0.25, 0.3) is 0 Å². The van der Waals surface area contributed by atoms with Gasteiger partial charge in [0.1, 0.15) is 0 Å². The van der Waals surface area contributed by atoms with Crippen LogP contribution in [0.1, 0.15) is 19.3 Å². The largest absolute Gasteiger partial charge is 0.339 e. The van der Waals surface area contributed by atoms with E-state index in [-0.39, 0.29) is 23.9 Å². The molecule has 0 aromatic heterocycles. The average molecular weight is 266 g/mol. The molecule has 0 aromatic rings. The molecule has 0 aromatic carbocycles. The van der Waals surface area contributed by atoms with Gasteiger partial charge >= 0.3 is 6.03 Å². The second-order valence-corrected chi connectivity index (χ2v) is 5.85. The molecular weight excluding hydrogens is 244 g/mol. The van der Waals surface area contributed by atoms with Crippen molar-refractivity contribution in [1.29, 1.82) is 0 Å². The van der Waals surface area contributed by atoms with Crippen LogP contribution in [0.5, 0.6) is 0 Å². The summed E-state index contributed by atoms with van der Waals surface area (Å²) in [6.45, 7) is 3.26. The van der Waals surface area contributed by atoms with Crippen molar-refractivity contribution in [2.24, 2.45) is 17.6 Å². The fourth-order valence-corrected chi connectivity index (χ4v) is 3.68. The lowest BCUT2D eigenvalue weighted by atomic mass is 9.94. The van der Waals surface area contributed by atoms with Crippen LogP contribution in [0.15, 0.2) is 0 Å². The number of fused-ring (bicyclic) bond motifs is 1. The van der Waals surface area contributed by atoms with Gasteiger partial charge in [0.25, 0.3) is 0 Å². The van der Waals surface area contributed by atoms with Crippen LogP contribution in [0, 0.1) is 11.8 Å². The number of piperazine rings is 1. The van der Waals surface area contributed by atoms with Crippen LogP contribution >= 0.6 is 0 Å². The molecule has 0 radical (unpaired) electrons. The molecule has 3 atom stereocenters. The van der Waals surface area contributed by atoms with Gasteiger partial charge in [0, 0.05) is 32.1 Å². The van der Waals surface area contributed by atoms with E-state index in [1.807, 2.05) is 9.80 Å². The summed E-state index contributed by atoms with van der Waals surface area (Å²) in [6, 6.07) is 0.167. The van der Waals surface area contributed by atoms with Crippen LogP contribution < -0.4 is 11.1 Å². The zero-order valence-electron chi connectivity index (χ0n) is 11.2. The summed E-state index contributed by atoms with van der Waals surface area (Å²) in [5, 5.41) is 2.84. The highest BCUT2D eigenvalue weighted by Gasteiger charge is 2.40. The zero-order valence-corrected chi connectivity index (χ0v) is 11.2. The Morgan fingerprint density at radius 2 is 2.21 bits per heavy atom. The van der Waals surface area contributed by atoms with Crippen molar-refractivity contribution in [3.8, 4) is 0 Å². The van der Waals surface area contributed by atoms with Gasteiger partial charge in [-0.3, -0.25) is 4.79 Å². The van der Waals surface area contributed by atoms with E-state index in [9.17, 15) is 9.59 Å². The molecule has 106 valence electrons. The second-order valence-electron chi connectivity index (χ2n) is 5.85. The third kappa shape index (κ3) is 2.18. The van der Waals surface area contributed by atoms with E-state index in [1.165, 1.54) is 0 Å². The lowest BCUT2D eigenvalue weighted by molar-refractivity contribution is -0.138. The van der Waals surface area contributed by atoms with E-state index in [0.29, 0.717) is 38.6 Å². The first-order valence-corrected chi connectivity index (χ1v) is 7.24. The van der Waals surface area contributed by atoms with Gasteiger partial charge in [-0.25, -0.2) is 4.79 Å². The summed E-state index contributed by atoms with van der Waals surface area (Å²) in [7, 11) is 0. The molecule has 1 unspecified atom stereocenters. The Morgan fingerprint density at radius 1 is 1.37 bits per heavy atom. The Morgan fingerprint density at radius 3 is 3.00 bits per heavy atom. The third-order valence-electron chi connectivity index (χ3n) is 4.82. The van der Waals surface area contributed by atoms with E-state index in [1.54, 1.807) is 0 Å². The predicted octanol–water partition coefficient (Wildman–Crippen LogP) is -0.403. The van der Waals surface area contributed by atoms with Crippen molar-refractivity contribution in [2.45, 2.75) is 25.3 Å². The molecule has 3 rings (SSSR count). The predicted molar refractivity (Wildman–Crippen MR) is 70.4 cm³/mol. The number of carbonyl (C=O) groups is 2. The Kier molecular flexibility index (Phi) is 3.35. The maximum Gasteiger partial charge on any atom is 0.317 e. The van der Waals surface area contributed by atoms with E-state index in [0.717, 1.165) is 19.3 Å². The van der Waals surface area contributed by atoms with Gasteiger partial charge in [0.15, 0.2) is 0 Å². The molecule has 0 spiro atoms. The van der Waals surface area contributed by atoms with Crippen molar-refractivity contribution in [3.63, 3.8) is 0 Å². The van der Waals surface area contributed by atoms with Gasteiger partial charge in [-0.05, 0) is 25.3 Å². The molecule has 3 amide bonds. The van der Waals surface area contributed by atoms with Crippen LogP contribution in [0.3, 0.4) is 0 Å². The minimum Gasteiger partial charge on any atom is -0.339 e. The first-order chi connectivity index (χ1) is 9.20. The highest BCUT2D eigenvalue weighted by molar-refractivity contribution is 5.81. The highest BCUT2D eigenvalue weighted by atomic mass is 16.2. The first-order valence-electron chi connectivity index (χ1n) is 7.24. The SMILES string of the molecule is NC[C@H]1CCC[C@H]1C(=O)N1CCN2C(=O)NCC2C1. The fourth-order valence-electron chi connectivity index (χ4n) is 3.68. The number of nitrogens with two attached hydrogens (primary N) is 1. The van der Waals surface area contributed by atoms with E-state index >= 15 is 0 Å². The molecule has 2 aliphatic heterocycles. The molecule has 6 heteroatoms. The summed E-state index contributed by atoms with van der Waals surface area (Å²) < 4.78 is 0. The minimum atomic E-state index is 0.0119. The van der Waals surface area contributed by atoms with Crippen LogP contribution in [0.4, 0.5) is 4.79 Å². The van der Waals surface area contributed by atoms with E-state index in [2.05, 4.69) is 5.32 Å². The standard InChI is InChI=1S/C13H22N4O2/c14-6-9-2-1-3-11(9)12(18)16-4-5-17-10(8-16)7-15-13(17)19/h9-11H,1-8,14H2,(H,15,19)/t9-,10?,11-/m1/s1. The number of nitrogens with one attached hydrogen (secondary N) is 1. The Labute approximate surface area is 113 Å². The average Bonchev–Trinajstić information content (AvgIpc) is 3.04. The molecule has 3 aliphatic rings. The summed E-state index contributed by atoms with van der Waals surface area (Å²) in [6.07, 6.45) is 3.17. The summed E-state index contributed by atoms with van der Waals surface area (Å²) in [5.74, 6) is 0.724. The molecule has 6 nitrogen and oxygen atoms in total. The van der Waals surface area contributed by atoms with Gasteiger partial charge in [-0.1, -0.05) is 6.42 Å². The van der Waals surface area contributed by atoms with Crippen LogP contribution in [0.2, 0.25) is 0 Å². The smallest absolute Gasteiger partial charge is 0.317 e. The second kappa shape index (κ2) is 5.00. The number of carbonyl (C=O) groups excluding carboxylic acids is 2. The maximum absolute atomic E-state index is 12.6. The van der Waals surface area contributed by atoms with E-state index < -0.39 is 0 Å². The molecule has 1 aliphatic carbocycles. The summed E-state index contributed by atoms with van der Waals surface area (Å²) in [5.41, 5.74) is 5.76. The van der Waals surface area contributed by atoms with Gasteiger partial charge in [-0.2, -0.15) is 0 Å². The molecule has 2 heterocycles. The molecular formula is C13H22N4O2. The number of urea groups is 1. The van der Waals surface area contributed by atoms with Gasteiger partial charge in [-0.15, -0.1) is 0 Å². The summed E-state index contributed by atoms with van der Waals surface area (Å²) >= 11 is 0. The lowest BCUT2D eigenvalue weighted by Crippen LogP contribution is -2.55. The van der Waals surface area contributed by atoms with Crippen molar-refractivity contribution in [1.82, 2.24) is 15.1 Å². The molecule has 3 N–H and O–H groups in total. The number of rotatable bonds is 2. The van der Waals surface area contributed by atoms with Crippen LogP contribution in [-0.2, 0) is 4.79 Å². The number of amides is 3. The Bertz CT molecular complexity index is 387. The molecule has 1 saturated carbocycles. The number of nitrogens with zero attached hydrogens (tertiary/aromatic N) is 2. The zero-order chi connectivity index (χ0) is 13.4. The highest BCUT2D eigenvalue weighted by Crippen LogP contribution is 2.33. The maximum atomic E-state index is 12.6. The molecule has 3 fully saturated rings. The van der Waals surface area contributed by atoms with Crippen molar-refractivity contribution < 1.29 is 9.59 Å². The quantitative estimate of drug-likeness (QED) is 0.713. The van der Waals surface area contributed by atoms with Crippen molar-refractivity contribution in [3.05, 3.63) is 0 Å². The molecule has 2 saturated heterocycles. The number of hydrogen-bond acceptors (Lipinski definition) is 3. The lowest BCUT2D eigenvalue weighted by Gasteiger charge is -2.38. The molecule has 0 bridgehead atoms. The van der Waals surface area contributed by atoms with E-state index in [4.69, 9.17) is 5.73 Å². The van der Waals surface area contributed by atoms with Crippen molar-refractivity contribution >= 4 is 11.9 Å². The van der Waals surface area contributed by atoms with Crippen LogP contribution in [-0.4, -0.2) is 60.5 Å². The Hall–Kier alpha value is -1.30. The number of hydrogen-bond donors (Lipinski definition) is 2. The monoisotopic (exact) mass is 266 g/mol. The van der Waals surface area contributed by atoms with Crippen molar-refractivity contribution in [2.75, 3.05) is 32.7 Å². The normalized spacial score (nSPS) is 34.4. The third-order valence-corrected chi connectivity index (χ3v) is 4.82. The van der Waals surface area contributed by atoms with Gasteiger partial charge in [0.05, 0.1) is 6.04 Å².